The maximum Gasteiger partial charge on any atom is 0.246 e. The van der Waals surface area contributed by atoms with E-state index >= 15 is 0 Å². The highest BCUT2D eigenvalue weighted by Gasteiger charge is 2.19. The van der Waals surface area contributed by atoms with E-state index in [9.17, 15) is 8.42 Å². The minimum Gasteiger partial charge on any atom is -0.383 e. The summed E-state index contributed by atoms with van der Waals surface area (Å²) in [7, 11) is -3.65. The molecule has 8 nitrogen and oxygen atoms in total. The van der Waals surface area contributed by atoms with Gasteiger partial charge in [-0.05, 0) is 6.92 Å². The molecule has 0 aromatic carbocycles. The number of aromatic amines is 2. The molecule has 0 unspecified atom stereocenters. The van der Waals surface area contributed by atoms with E-state index in [0.717, 1.165) is 11.3 Å². The van der Waals surface area contributed by atoms with E-state index in [1.54, 1.807) is 6.20 Å². The fraction of sp³-hybridized carbons (Fsp3) is 0.250. The molecule has 0 saturated carbocycles. The van der Waals surface area contributed by atoms with Crippen molar-refractivity contribution in [3.8, 4) is 0 Å². The number of hydrogen-bond donors (Lipinski definition) is 4. The third-order valence-corrected chi connectivity index (χ3v) is 3.74. The summed E-state index contributed by atoms with van der Waals surface area (Å²) in [6.45, 7) is 1.96. The molecule has 0 bridgehead atoms. The van der Waals surface area contributed by atoms with Gasteiger partial charge in [0.1, 0.15) is 10.7 Å². The monoisotopic (exact) mass is 256 g/mol. The van der Waals surface area contributed by atoms with Crippen LogP contribution < -0.4 is 10.5 Å². The number of anilines is 1. The first-order valence-electron chi connectivity index (χ1n) is 4.78. The Bertz CT molecular complexity index is 614. The number of nitrogens with two attached hydrogens (primary N) is 1. The lowest BCUT2D eigenvalue weighted by Crippen LogP contribution is -2.23. The number of nitrogens with zero attached hydrogens (tertiary/aromatic N) is 2. The van der Waals surface area contributed by atoms with Gasteiger partial charge in [-0.25, -0.2) is 13.1 Å². The molecule has 0 saturated heterocycles. The molecule has 2 heterocycles. The lowest BCUT2D eigenvalue weighted by atomic mass is 10.3. The van der Waals surface area contributed by atoms with Crippen molar-refractivity contribution in [2.24, 2.45) is 0 Å². The maximum absolute atomic E-state index is 11.8. The van der Waals surface area contributed by atoms with Gasteiger partial charge in [0.2, 0.25) is 10.0 Å². The molecule has 0 atom stereocenters. The topological polar surface area (TPSA) is 130 Å². The van der Waals surface area contributed by atoms with Crippen LogP contribution in [0, 0.1) is 6.92 Å². The van der Waals surface area contributed by atoms with Gasteiger partial charge in [-0.3, -0.25) is 10.2 Å². The highest BCUT2D eigenvalue weighted by molar-refractivity contribution is 7.89. The second-order valence-electron chi connectivity index (χ2n) is 3.49. The lowest BCUT2D eigenvalue weighted by molar-refractivity contribution is 0.581. The molecule has 0 aliphatic heterocycles. The number of aromatic nitrogens is 4. The van der Waals surface area contributed by atoms with Crippen LogP contribution in [0.4, 0.5) is 5.82 Å². The number of nitrogens with one attached hydrogen (secondary N) is 3. The molecule has 0 aliphatic carbocycles. The summed E-state index contributed by atoms with van der Waals surface area (Å²) >= 11 is 0. The van der Waals surface area contributed by atoms with Gasteiger partial charge in [-0.2, -0.15) is 10.2 Å². The van der Waals surface area contributed by atoms with Crippen molar-refractivity contribution in [2.75, 3.05) is 5.73 Å². The van der Waals surface area contributed by atoms with E-state index in [-0.39, 0.29) is 17.3 Å². The second-order valence-corrected chi connectivity index (χ2v) is 5.23. The zero-order chi connectivity index (χ0) is 12.5. The Morgan fingerprint density at radius 1 is 1.35 bits per heavy atom. The van der Waals surface area contributed by atoms with Crippen molar-refractivity contribution >= 4 is 15.8 Å². The molecule has 2 aromatic heterocycles. The quantitative estimate of drug-likeness (QED) is 0.586. The van der Waals surface area contributed by atoms with Crippen LogP contribution in [0.2, 0.25) is 0 Å². The van der Waals surface area contributed by atoms with E-state index in [2.05, 4.69) is 25.1 Å². The van der Waals surface area contributed by atoms with Gasteiger partial charge in [0.15, 0.2) is 0 Å². The van der Waals surface area contributed by atoms with E-state index in [1.165, 1.54) is 6.20 Å². The molecular formula is C8H12N6O2S. The first kappa shape index (κ1) is 11.6. The molecule has 92 valence electrons. The first-order chi connectivity index (χ1) is 8.00. The highest BCUT2D eigenvalue weighted by Crippen LogP contribution is 2.14. The number of sulfonamides is 1. The van der Waals surface area contributed by atoms with Crippen molar-refractivity contribution in [3.05, 3.63) is 23.7 Å². The zero-order valence-electron chi connectivity index (χ0n) is 9.06. The Hall–Kier alpha value is -1.87. The summed E-state index contributed by atoms with van der Waals surface area (Å²) in [6, 6.07) is 0. The minimum absolute atomic E-state index is 0.0152. The van der Waals surface area contributed by atoms with Crippen molar-refractivity contribution in [3.63, 3.8) is 0 Å². The predicted molar refractivity (Wildman–Crippen MR) is 60.4 cm³/mol. The number of H-pyrrole nitrogens is 2. The van der Waals surface area contributed by atoms with Crippen LogP contribution in [0.1, 0.15) is 11.3 Å². The van der Waals surface area contributed by atoms with Crippen LogP contribution >= 0.6 is 0 Å². The van der Waals surface area contributed by atoms with Crippen molar-refractivity contribution in [1.82, 2.24) is 25.1 Å². The van der Waals surface area contributed by atoms with Crippen LogP contribution in [-0.2, 0) is 16.6 Å². The number of aryl methyl sites for hydroxylation is 1. The molecule has 0 radical (unpaired) electrons. The van der Waals surface area contributed by atoms with Gasteiger partial charge in [-0.1, -0.05) is 0 Å². The van der Waals surface area contributed by atoms with Gasteiger partial charge in [0.25, 0.3) is 0 Å². The summed E-state index contributed by atoms with van der Waals surface area (Å²) in [5.41, 5.74) is 7.04. The third kappa shape index (κ3) is 2.29. The predicted octanol–water partition coefficient (Wildman–Crippen LogP) is -0.498. The lowest BCUT2D eigenvalue weighted by Gasteiger charge is -2.04. The van der Waals surface area contributed by atoms with Crippen molar-refractivity contribution in [2.45, 2.75) is 18.4 Å². The normalized spacial score (nSPS) is 11.8. The molecule has 5 N–H and O–H groups in total. The summed E-state index contributed by atoms with van der Waals surface area (Å²) in [6.07, 6.45) is 2.73. The third-order valence-electron chi connectivity index (χ3n) is 2.31. The Labute approximate surface area is 97.7 Å². The SMILES string of the molecule is Cc1[nH]ncc1CNS(=O)(=O)c1cn[nH]c1N. The van der Waals surface area contributed by atoms with E-state index < -0.39 is 10.0 Å². The van der Waals surface area contributed by atoms with Crippen molar-refractivity contribution < 1.29 is 8.42 Å². The zero-order valence-corrected chi connectivity index (χ0v) is 9.87. The van der Waals surface area contributed by atoms with Crippen LogP contribution in [0.25, 0.3) is 0 Å². The molecule has 0 amide bonds. The molecule has 2 aromatic rings. The number of nitrogen functional groups attached to an aromatic ring is 1. The average Bonchev–Trinajstić information content (AvgIpc) is 2.85. The fourth-order valence-corrected chi connectivity index (χ4v) is 2.33. The van der Waals surface area contributed by atoms with E-state index in [1.807, 2.05) is 6.92 Å². The summed E-state index contributed by atoms with van der Waals surface area (Å²) in [5.74, 6) is 0.0152. The summed E-state index contributed by atoms with van der Waals surface area (Å²) in [5, 5.41) is 12.5. The minimum atomic E-state index is -3.65. The Kier molecular flexibility index (Phi) is 2.86. The Morgan fingerprint density at radius 3 is 2.59 bits per heavy atom. The molecule has 17 heavy (non-hydrogen) atoms. The number of rotatable bonds is 4. The molecular weight excluding hydrogens is 244 g/mol. The Balaban J connectivity index is 2.15. The maximum atomic E-state index is 11.8. The van der Waals surface area contributed by atoms with E-state index in [4.69, 9.17) is 5.73 Å². The molecule has 2 rings (SSSR count). The average molecular weight is 256 g/mol. The van der Waals surface area contributed by atoms with Crippen LogP contribution in [0.5, 0.6) is 0 Å². The van der Waals surface area contributed by atoms with Gasteiger partial charge in [-0.15, -0.1) is 0 Å². The Morgan fingerprint density at radius 2 is 2.06 bits per heavy atom. The van der Waals surface area contributed by atoms with Gasteiger partial charge < -0.3 is 5.73 Å². The fourth-order valence-electron chi connectivity index (χ4n) is 1.30. The summed E-state index contributed by atoms with van der Waals surface area (Å²) < 4.78 is 26.1. The van der Waals surface area contributed by atoms with Gasteiger partial charge in [0.05, 0.1) is 12.4 Å². The van der Waals surface area contributed by atoms with Crippen molar-refractivity contribution in [1.29, 1.82) is 0 Å². The van der Waals surface area contributed by atoms with E-state index in [0.29, 0.717) is 0 Å². The van der Waals surface area contributed by atoms with Gasteiger partial charge in [0, 0.05) is 17.8 Å². The largest absolute Gasteiger partial charge is 0.383 e. The second kappa shape index (κ2) is 4.18. The highest BCUT2D eigenvalue weighted by atomic mass is 32.2. The summed E-state index contributed by atoms with van der Waals surface area (Å²) in [4.78, 5) is -0.0568. The van der Waals surface area contributed by atoms with Crippen LogP contribution in [-0.4, -0.2) is 28.8 Å². The van der Waals surface area contributed by atoms with Crippen LogP contribution in [0.3, 0.4) is 0 Å². The standard InChI is InChI=1S/C8H12N6O2S/c1-5-6(2-10-13-5)3-12-17(15,16)7-4-11-14-8(7)9/h2,4,12H,3H2,1H3,(H,10,13)(H3,9,11,14). The molecule has 0 aliphatic rings. The van der Waals surface area contributed by atoms with Gasteiger partial charge >= 0.3 is 0 Å². The molecule has 0 fully saturated rings. The molecule has 0 spiro atoms. The van der Waals surface area contributed by atoms with Crippen LogP contribution in [0.15, 0.2) is 17.3 Å². The molecule has 9 heteroatoms. The smallest absolute Gasteiger partial charge is 0.246 e. The number of hydrogen-bond acceptors (Lipinski definition) is 5. The first-order valence-corrected chi connectivity index (χ1v) is 6.26.